The zero-order chi connectivity index (χ0) is 21.7. The summed E-state index contributed by atoms with van der Waals surface area (Å²) in [6, 6.07) is 7.49. The van der Waals surface area contributed by atoms with Gasteiger partial charge in [0.1, 0.15) is 17.5 Å². The van der Waals surface area contributed by atoms with Crippen LogP contribution in [-0.2, 0) is 4.74 Å². The molecule has 0 radical (unpaired) electrons. The number of aromatic nitrogens is 8. The summed E-state index contributed by atoms with van der Waals surface area (Å²) in [6.07, 6.45) is 6.75. The highest BCUT2D eigenvalue weighted by Gasteiger charge is 2.25. The molecule has 6 rings (SSSR count). The standard InChI is InChI=1S/C21H18ClN9O/c22-12-1-2-14-17(9-12)30(11-26-14)21-25-10-16-19(29-21)31(13-4-7-32-8-5-13)18(27-16)15-3-6-24-20(23)28-15/h1-3,6,9-11,13H,4-5,7-8H2,(H2,23,24,28). The van der Waals surface area contributed by atoms with E-state index in [1.165, 1.54) is 0 Å². The second kappa shape index (κ2) is 7.50. The van der Waals surface area contributed by atoms with Crippen LogP contribution in [0.4, 0.5) is 5.95 Å². The van der Waals surface area contributed by atoms with Gasteiger partial charge in [-0.2, -0.15) is 4.98 Å². The number of anilines is 1. The van der Waals surface area contributed by atoms with Gasteiger partial charge in [0.15, 0.2) is 11.5 Å². The third-order valence-corrected chi connectivity index (χ3v) is 5.84. The molecule has 0 unspecified atom stereocenters. The monoisotopic (exact) mass is 447 g/mol. The molecule has 160 valence electrons. The normalized spacial score (nSPS) is 15.0. The van der Waals surface area contributed by atoms with Gasteiger partial charge >= 0.3 is 0 Å². The summed E-state index contributed by atoms with van der Waals surface area (Å²) >= 11 is 6.21. The van der Waals surface area contributed by atoms with Crippen molar-refractivity contribution in [1.29, 1.82) is 0 Å². The van der Waals surface area contributed by atoms with Crippen molar-refractivity contribution in [3.63, 3.8) is 0 Å². The fourth-order valence-electron chi connectivity index (χ4n) is 4.11. The predicted octanol–water partition coefficient (Wildman–Crippen LogP) is 3.21. The molecule has 5 heterocycles. The van der Waals surface area contributed by atoms with Gasteiger partial charge in [-0.05, 0) is 37.1 Å². The minimum absolute atomic E-state index is 0.164. The zero-order valence-electron chi connectivity index (χ0n) is 16.9. The van der Waals surface area contributed by atoms with Crippen LogP contribution in [0.25, 0.3) is 39.7 Å². The molecule has 2 N–H and O–H groups in total. The molecule has 0 bridgehead atoms. The molecule has 4 aromatic heterocycles. The molecule has 1 aliphatic heterocycles. The highest BCUT2D eigenvalue weighted by molar-refractivity contribution is 6.31. The van der Waals surface area contributed by atoms with Gasteiger partial charge < -0.3 is 15.0 Å². The minimum atomic E-state index is 0.164. The summed E-state index contributed by atoms with van der Waals surface area (Å²) in [5, 5.41) is 0.621. The van der Waals surface area contributed by atoms with E-state index in [2.05, 4.69) is 24.5 Å². The van der Waals surface area contributed by atoms with Gasteiger partial charge in [0, 0.05) is 30.5 Å². The average molecular weight is 448 g/mol. The Morgan fingerprint density at radius 2 is 1.88 bits per heavy atom. The van der Waals surface area contributed by atoms with E-state index in [0.717, 1.165) is 29.5 Å². The van der Waals surface area contributed by atoms with Crippen molar-refractivity contribution >= 4 is 39.7 Å². The highest BCUT2D eigenvalue weighted by Crippen LogP contribution is 2.32. The maximum atomic E-state index is 6.21. The Morgan fingerprint density at radius 3 is 2.72 bits per heavy atom. The zero-order valence-corrected chi connectivity index (χ0v) is 17.6. The Hall–Kier alpha value is -3.63. The molecule has 11 heteroatoms. The number of rotatable bonds is 3. The molecule has 0 atom stereocenters. The number of hydrogen-bond acceptors (Lipinski definition) is 8. The van der Waals surface area contributed by atoms with E-state index in [1.54, 1.807) is 24.8 Å². The molecule has 1 aliphatic rings. The van der Waals surface area contributed by atoms with Crippen LogP contribution >= 0.6 is 11.6 Å². The number of ether oxygens (including phenoxy) is 1. The largest absolute Gasteiger partial charge is 0.381 e. The molecule has 10 nitrogen and oxygen atoms in total. The topological polar surface area (TPSA) is 122 Å². The first-order valence-corrected chi connectivity index (χ1v) is 10.6. The lowest BCUT2D eigenvalue weighted by Gasteiger charge is -2.25. The molecule has 5 aromatic rings. The summed E-state index contributed by atoms with van der Waals surface area (Å²) < 4.78 is 9.53. The van der Waals surface area contributed by atoms with E-state index >= 15 is 0 Å². The summed E-state index contributed by atoms with van der Waals surface area (Å²) in [5.74, 6) is 1.37. The van der Waals surface area contributed by atoms with E-state index < -0.39 is 0 Å². The quantitative estimate of drug-likeness (QED) is 0.447. The molecular weight excluding hydrogens is 430 g/mol. The predicted molar refractivity (Wildman–Crippen MR) is 119 cm³/mol. The first-order valence-electron chi connectivity index (χ1n) is 10.2. The lowest BCUT2D eigenvalue weighted by atomic mass is 10.1. The Morgan fingerprint density at radius 1 is 1.00 bits per heavy atom. The van der Waals surface area contributed by atoms with Crippen molar-refractivity contribution in [2.24, 2.45) is 0 Å². The Balaban J connectivity index is 1.57. The maximum absolute atomic E-state index is 6.21. The lowest BCUT2D eigenvalue weighted by molar-refractivity contribution is 0.0708. The van der Waals surface area contributed by atoms with Crippen molar-refractivity contribution in [1.82, 2.24) is 39.0 Å². The summed E-state index contributed by atoms with van der Waals surface area (Å²) in [4.78, 5) is 27.1. The third-order valence-electron chi connectivity index (χ3n) is 5.60. The van der Waals surface area contributed by atoms with Gasteiger partial charge in [0.05, 0.1) is 17.2 Å². The Bertz CT molecular complexity index is 1450. The molecule has 1 aromatic carbocycles. The number of imidazole rings is 2. The molecule has 0 spiro atoms. The number of hydrogen-bond donors (Lipinski definition) is 1. The van der Waals surface area contributed by atoms with E-state index in [9.17, 15) is 0 Å². The van der Waals surface area contributed by atoms with Gasteiger partial charge in [0.2, 0.25) is 11.9 Å². The second-order valence-electron chi connectivity index (χ2n) is 7.58. The highest BCUT2D eigenvalue weighted by atomic mass is 35.5. The van der Waals surface area contributed by atoms with Gasteiger partial charge in [-0.3, -0.25) is 4.57 Å². The summed E-state index contributed by atoms with van der Waals surface area (Å²) in [5.41, 5.74) is 9.53. The molecule has 32 heavy (non-hydrogen) atoms. The fourth-order valence-corrected chi connectivity index (χ4v) is 4.27. The van der Waals surface area contributed by atoms with E-state index in [4.69, 9.17) is 32.0 Å². The van der Waals surface area contributed by atoms with Crippen LogP contribution < -0.4 is 5.73 Å². The molecule has 0 saturated carbocycles. The van der Waals surface area contributed by atoms with Crippen LogP contribution in [0, 0.1) is 0 Å². The van der Waals surface area contributed by atoms with Crippen LogP contribution in [0.5, 0.6) is 0 Å². The van der Waals surface area contributed by atoms with Crippen LogP contribution in [0.3, 0.4) is 0 Å². The summed E-state index contributed by atoms with van der Waals surface area (Å²) in [7, 11) is 0. The number of fused-ring (bicyclic) bond motifs is 2. The first-order chi connectivity index (χ1) is 15.7. The number of nitrogens with zero attached hydrogens (tertiary/aromatic N) is 8. The number of benzene rings is 1. The van der Waals surface area contributed by atoms with Gasteiger partial charge in [-0.15, -0.1) is 0 Å². The maximum Gasteiger partial charge on any atom is 0.237 e. The van der Waals surface area contributed by atoms with E-state index in [1.807, 2.05) is 22.8 Å². The minimum Gasteiger partial charge on any atom is -0.381 e. The summed E-state index contributed by atoms with van der Waals surface area (Å²) in [6.45, 7) is 1.36. The number of nitrogens with two attached hydrogens (primary N) is 1. The third kappa shape index (κ3) is 3.15. The smallest absolute Gasteiger partial charge is 0.237 e. The molecule has 0 aliphatic carbocycles. The average Bonchev–Trinajstić information content (AvgIpc) is 3.40. The van der Waals surface area contributed by atoms with Crippen molar-refractivity contribution in [3.05, 3.63) is 48.0 Å². The SMILES string of the molecule is Nc1nccc(-c2nc3cnc(-n4cnc5ccc(Cl)cc54)nc3n2C2CCOCC2)n1. The molecular formula is C21H18ClN9O. The van der Waals surface area contributed by atoms with Crippen LogP contribution in [0.1, 0.15) is 18.9 Å². The van der Waals surface area contributed by atoms with Crippen molar-refractivity contribution in [2.45, 2.75) is 18.9 Å². The number of nitrogen functional groups attached to an aromatic ring is 1. The molecule has 1 saturated heterocycles. The fraction of sp³-hybridized carbons (Fsp3) is 0.238. The van der Waals surface area contributed by atoms with E-state index in [-0.39, 0.29) is 12.0 Å². The lowest BCUT2D eigenvalue weighted by Crippen LogP contribution is -2.21. The van der Waals surface area contributed by atoms with Crippen LogP contribution in [0.2, 0.25) is 5.02 Å². The molecule has 1 fully saturated rings. The van der Waals surface area contributed by atoms with Crippen LogP contribution in [0.15, 0.2) is 43.0 Å². The van der Waals surface area contributed by atoms with Crippen LogP contribution in [-0.4, -0.2) is 52.3 Å². The Kier molecular flexibility index (Phi) is 4.47. The van der Waals surface area contributed by atoms with Crippen molar-refractivity contribution in [3.8, 4) is 17.5 Å². The Labute approximate surface area is 187 Å². The van der Waals surface area contributed by atoms with E-state index in [0.29, 0.717) is 41.2 Å². The van der Waals surface area contributed by atoms with Gasteiger partial charge in [0.25, 0.3) is 0 Å². The first kappa shape index (κ1) is 19.1. The van der Waals surface area contributed by atoms with Crippen molar-refractivity contribution in [2.75, 3.05) is 18.9 Å². The van der Waals surface area contributed by atoms with Gasteiger partial charge in [-0.1, -0.05) is 11.6 Å². The van der Waals surface area contributed by atoms with Gasteiger partial charge in [-0.25, -0.2) is 24.9 Å². The van der Waals surface area contributed by atoms with Crippen molar-refractivity contribution < 1.29 is 4.74 Å². The second-order valence-corrected chi connectivity index (χ2v) is 8.01. The molecule has 0 amide bonds. The number of halogens is 1.